The van der Waals surface area contributed by atoms with Gasteiger partial charge in [-0.15, -0.1) is 0 Å². The second-order valence-electron chi connectivity index (χ2n) is 8.75. The van der Waals surface area contributed by atoms with Gasteiger partial charge < -0.3 is 0 Å². The fourth-order valence-corrected chi connectivity index (χ4v) is 9.07. The molecule has 0 nitrogen and oxygen atoms in total. The molecular weight excluding hydrogens is 479 g/mol. The van der Waals surface area contributed by atoms with Crippen LogP contribution in [0.5, 0.6) is 0 Å². The topological polar surface area (TPSA) is 0 Å². The average Bonchev–Trinajstić information content (AvgIpc) is 3.53. The molecule has 0 radical (unpaired) electrons. The molecule has 3 aromatic heterocycles. The van der Waals surface area contributed by atoms with Crippen LogP contribution in [0.1, 0.15) is 102 Å². The predicted octanol–water partition coefficient (Wildman–Crippen LogP) is 10.0. The first kappa shape index (κ1) is 25.0. The van der Waals surface area contributed by atoms with Crippen LogP contribution >= 0.6 is 22.7 Å². The average molecular weight is 520 g/mol. The zero-order valence-electron chi connectivity index (χ0n) is 19.6. The third-order valence-electron chi connectivity index (χ3n) is 6.15. The second kappa shape index (κ2) is 14.5. The van der Waals surface area contributed by atoms with E-state index in [0.29, 0.717) is 14.5 Å². The third-order valence-corrected chi connectivity index (χ3v) is 11.1. The normalized spacial score (nSPS) is 11.4. The van der Waals surface area contributed by atoms with Crippen molar-refractivity contribution < 1.29 is 0 Å². The molecule has 0 saturated carbocycles. The van der Waals surface area contributed by atoms with Crippen molar-refractivity contribution in [1.29, 1.82) is 0 Å². The molecule has 0 amide bonds. The Bertz CT molecular complexity index is 785. The van der Waals surface area contributed by atoms with Crippen LogP contribution in [0.2, 0.25) is 0 Å². The Balaban J connectivity index is 1.54. The van der Waals surface area contributed by atoms with E-state index in [4.69, 9.17) is 0 Å². The summed E-state index contributed by atoms with van der Waals surface area (Å²) in [6.07, 6.45) is 19.1. The molecule has 0 aromatic carbocycles. The molecule has 3 rings (SSSR count). The number of hydrogen-bond donors (Lipinski definition) is 0. The molecule has 0 saturated heterocycles. The fourth-order valence-electron chi connectivity index (χ4n) is 4.27. The number of rotatable bonds is 16. The molecule has 0 bridgehead atoms. The SMILES string of the molecule is CCCCCCCCc1ccsc1-c1ccc(-c2sccc2CCCCCCCC)[se]1. The summed E-state index contributed by atoms with van der Waals surface area (Å²) >= 11 is 4.39. The standard InChI is InChI=1S/C28H40S2Se/c1-3-5-7-9-11-13-15-23-19-21-29-27(23)25-17-18-26(31-25)28-24(20-22-30-28)16-14-12-10-8-6-4-2/h17-22H,3-16H2,1-2H3. The van der Waals surface area contributed by atoms with Crippen molar-refractivity contribution in [2.24, 2.45) is 0 Å². The van der Waals surface area contributed by atoms with Gasteiger partial charge >= 0.3 is 206 Å². The Morgan fingerprint density at radius 2 is 0.968 bits per heavy atom. The van der Waals surface area contributed by atoms with Gasteiger partial charge in [-0.3, -0.25) is 0 Å². The van der Waals surface area contributed by atoms with Crippen molar-refractivity contribution in [1.82, 2.24) is 0 Å². The van der Waals surface area contributed by atoms with Crippen LogP contribution < -0.4 is 0 Å². The van der Waals surface area contributed by atoms with E-state index in [1.165, 1.54) is 89.9 Å². The number of hydrogen-bond acceptors (Lipinski definition) is 2. The molecule has 170 valence electrons. The summed E-state index contributed by atoms with van der Waals surface area (Å²) in [7, 11) is 0. The van der Waals surface area contributed by atoms with Gasteiger partial charge in [0, 0.05) is 0 Å². The second-order valence-corrected chi connectivity index (χ2v) is 12.9. The van der Waals surface area contributed by atoms with E-state index < -0.39 is 0 Å². The maximum absolute atomic E-state index is 2.43. The summed E-state index contributed by atoms with van der Waals surface area (Å²) in [5, 5.41) is 4.62. The minimum absolute atomic E-state index is 0.460. The van der Waals surface area contributed by atoms with Crippen LogP contribution in [0.15, 0.2) is 35.0 Å². The van der Waals surface area contributed by atoms with Crippen molar-refractivity contribution in [3.05, 3.63) is 46.2 Å². The number of aryl methyl sites for hydroxylation is 2. The monoisotopic (exact) mass is 520 g/mol. The Morgan fingerprint density at radius 1 is 0.548 bits per heavy atom. The van der Waals surface area contributed by atoms with Crippen molar-refractivity contribution in [2.45, 2.75) is 104 Å². The summed E-state index contributed by atoms with van der Waals surface area (Å²) in [5.74, 6) is 0. The molecule has 3 heteroatoms. The first-order chi connectivity index (χ1) is 15.3. The van der Waals surface area contributed by atoms with E-state index in [0.717, 1.165) is 0 Å². The molecule has 0 unspecified atom stereocenters. The third kappa shape index (κ3) is 8.04. The Kier molecular flexibility index (Phi) is 11.7. The van der Waals surface area contributed by atoms with Crippen LogP contribution in [0.3, 0.4) is 0 Å². The van der Waals surface area contributed by atoms with Crippen molar-refractivity contribution in [3.8, 4) is 18.6 Å². The summed E-state index contributed by atoms with van der Waals surface area (Å²) in [5.41, 5.74) is 3.20. The molecule has 0 aliphatic carbocycles. The van der Waals surface area contributed by atoms with Crippen molar-refractivity contribution >= 4 is 37.2 Å². The summed E-state index contributed by atoms with van der Waals surface area (Å²) in [6, 6.07) is 9.63. The van der Waals surface area contributed by atoms with E-state index >= 15 is 0 Å². The van der Waals surface area contributed by atoms with Gasteiger partial charge in [-0.2, -0.15) is 0 Å². The molecule has 0 fully saturated rings. The first-order valence-corrected chi connectivity index (χ1v) is 16.0. The Labute approximate surface area is 204 Å². The van der Waals surface area contributed by atoms with Gasteiger partial charge in [0.2, 0.25) is 0 Å². The van der Waals surface area contributed by atoms with E-state index in [2.05, 4.69) is 48.9 Å². The Morgan fingerprint density at radius 3 is 1.42 bits per heavy atom. The van der Waals surface area contributed by atoms with Gasteiger partial charge in [0.15, 0.2) is 0 Å². The van der Waals surface area contributed by atoms with Crippen LogP contribution in [0.25, 0.3) is 18.6 Å². The zero-order valence-corrected chi connectivity index (χ0v) is 22.9. The molecule has 3 aromatic rings. The number of unbranched alkanes of at least 4 members (excludes halogenated alkanes) is 10. The van der Waals surface area contributed by atoms with Crippen LogP contribution in [0.4, 0.5) is 0 Å². The Hall–Kier alpha value is -0.601. The van der Waals surface area contributed by atoms with Gasteiger partial charge in [0.05, 0.1) is 0 Å². The summed E-state index contributed by atoms with van der Waals surface area (Å²) < 4.78 is 3.22. The van der Waals surface area contributed by atoms with E-state index in [1.807, 2.05) is 22.7 Å². The van der Waals surface area contributed by atoms with Crippen molar-refractivity contribution in [2.75, 3.05) is 0 Å². The van der Waals surface area contributed by atoms with Gasteiger partial charge in [0.1, 0.15) is 0 Å². The minimum atomic E-state index is 0.460. The van der Waals surface area contributed by atoms with Gasteiger partial charge in [0.25, 0.3) is 0 Å². The molecule has 3 heterocycles. The molecule has 0 spiro atoms. The van der Waals surface area contributed by atoms with Crippen LogP contribution in [-0.2, 0) is 12.8 Å². The molecule has 0 N–H and O–H groups in total. The number of thiophene rings is 2. The summed E-state index contributed by atoms with van der Waals surface area (Å²) in [6.45, 7) is 4.59. The van der Waals surface area contributed by atoms with E-state index in [1.54, 1.807) is 29.8 Å². The maximum atomic E-state index is 2.43. The molecular formula is C28H40S2Se. The van der Waals surface area contributed by atoms with Gasteiger partial charge in [-0.1, -0.05) is 0 Å². The quantitative estimate of drug-likeness (QED) is 0.130. The molecule has 0 aliphatic rings. The zero-order chi connectivity index (χ0) is 21.7. The van der Waals surface area contributed by atoms with E-state index in [-0.39, 0.29) is 0 Å². The van der Waals surface area contributed by atoms with Gasteiger partial charge in [-0.25, -0.2) is 0 Å². The molecule has 0 aliphatic heterocycles. The van der Waals surface area contributed by atoms with Crippen LogP contribution in [0, 0.1) is 0 Å². The van der Waals surface area contributed by atoms with Gasteiger partial charge in [-0.05, 0) is 0 Å². The van der Waals surface area contributed by atoms with E-state index in [9.17, 15) is 0 Å². The first-order valence-electron chi connectivity index (χ1n) is 12.6. The van der Waals surface area contributed by atoms with Crippen LogP contribution in [-0.4, -0.2) is 14.5 Å². The molecule has 0 atom stereocenters. The summed E-state index contributed by atoms with van der Waals surface area (Å²) in [4.78, 5) is 3.16. The molecule has 31 heavy (non-hydrogen) atoms. The fraction of sp³-hybridized carbons (Fsp3) is 0.571. The van der Waals surface area contributed by atoms with Crippen molar-refractivity contribution in [3.63, 3.8) is 0 Å². The predicted molar refractivity (Wildman–Crippen MR) is 144 cm³/mol.